The standard InChI is InChI=1S/C19H12N8S/c1-2-6-12(7-3-1)15-10-28-19-24-23-18(27(19)25-15)17-22-21-16-13-8-4-5-9-14(13)20-11-26(16)17/h1-9,11H,10H2. The predicted molar refractivity (Wildman–Crippen MR) is 106 cm³/mol. The van der Waals surface area contributed by atoms with Gasteiger partial charge in [0.25, 0.3) is 0 Å². The molecule has 6 rings (SSSR count). The minimum atomic E-state index is 0.542. The Kier molecular flexibility index (Phi) is 3.29. The molecule has 1 aliphatic rings. The lowest BCUT2D eigenvalue weighted by Crippen LogP contribution is -2.14. The molecule has 134 valence electrons. The van der Waals surface area contributed by atoms with Gasteiger partial charge in [0.2, 0.25) is 16.8 Å². The van der Waals surface area contributed by atoms with Crippen LogP contribution < -0.4 is 0 Å². The van der Waals surface area contributed by atoms with E-state index in [1.165, 1.54) is 0 Å². The molecule has 2 aromatic carbocycles. The summed E-state index contributed by atoms with van der Waals surface area (Å²) >= 11 is 1.60. The molecule has 5 aromatic rings. The summed E-state index contributed by atoms with van der Waals surface area (Å²) < 4.78 is 3.57. The first kappa shape index (κ1) is 15.5. The molecule has 8 nitrogen and oxygen atoms in total. The fourth-order valence-corrected chi connectivity index (χ4v) is 4.11. The number of hydrogen-bond donors (Lipinski definition) is 0. The highest BCUT2D eigenvalue weighted by Crippen LogP contribution is 2.28. The maximum Gasteiger partial charge on any atom is 0.223 e. The zero-order valence-corrected chi connectivity index (χ0v) is 15.3. The van der Waals surface area contributed by atoms with Gasteiger partial charge in [0.15, 0.2) is 5.65 Å². The van der Waals surface area contributed by atoms with Crippen molar-refractivity contribution < 1.29 is 0 Å². The van der Waals surface area contributed by atoms with E-state index in [9.17, 15) is 0 Å². The van der Waals surface area contributed by atoms with Crippen LogP contribution in [0.1, 0.15) is 5.56 Å². The van der Waals surface area contributed by atoms with Crippen molar-refractivity contribution in [2.24, 2.45) is 5.10 Å². The largest absolute Gasteiger partial charge is 0.262 e. The molecule has 4 heterocycles. The molecule has 0 bridgehead atoms. The molecule has 0 aliphatic carbocycles. The Balaban J connectivity index is 1.54. The third-order valence-corrected chi connectivity index (χ3v) is 5.56. The zero-order chi connectivity index (χ0) is 18.5. The van der Waals surface area contributed by atoms with E-state index in [0.29, 0.717) is 11.6 Å². The first-order chi connectivity index (χ1) is 13.9. The van der Waals surface area contributed by atoms with Crippen molar-refractivity contribution >= 4 is 34.0 Å². The molecule has 0 N–H and O–H groups in total. The molecule has 0 spiro atoms. The zero-order valence-electron chi connectivity index (χ0n) is 14.5. The number of fused-ring (bicyclic) bond motifs is 4. The van der Waals surface area contributed by atoms with Gasteiger partial charge in [0.1, 0.15) is 6.33 Å². The van der Waals surface area contributed by atoms with Crippen LogP contribution in [-0.4, -0.2) is 45.9 Å². The van der Waals surface area contributed by atoms with Crippen LogP contribution in [-0.2, 0) is 0 Å². The van der Waals surface area contributed by atoms with Crippen molar-refractivity contribution in [3.05, 3.63) is 66.5 Å². The Labute approximate surface area is 163 Å². The normalized spacial score (nSPS) is 13.6. The van der Waals surface area contributed by atoms with Crippen LogP contribution in [0.3, 0.4) is 0 Å². The summed E-state index contributed by atoms with van der Waals surface area (Å²) in [5.41, 5.74) is 3.65. The lowest BCUT2D eigenvalue weighted by molar-refractivity contribution is 0.757. The number of benzene rings is 2. The van der Waals surface area contributed by atoms with E-state index in [4.69, 9.17) is 5.10 Å². The lowest BCUT2D eigenvalue weighted by Gasteiger charge is -2.13. The summed E-state index contributed by atoms with van der Waals surface area (Å²) in [7, 11) is 0. The second-order valence-corrected chi connectivity index (χ2v) is 7.24. The van der Waals surface area contributed by atoms with E-state index in [1.54, 1.807) is 22.8 Å². The maximum atomic E-state index is 4.79. The third-order valence-electron chi connectivity index (χ3n) is 4.63. The van der Waals surface area contributed by atoms with Gasteiger partial charge >= 0.3 is 0 Å². The highest BCUT2D eigenvalue weighted by atomic mass is 32.2. The van der Waals surface area contributed by atoms with Crippen molar-refractivity contribution in [3.8, 4) is 11.6 Å². The number of hydrogen-bond acceptors (Lipinski definition) is 7. The molecule has 3 aromatic heterocycles. The van der Waals surface area contributed by atoms with Crippen molar-refractivity contribution in [2.45, 2.75) is 5.16 Å². The van der Waals surface area contributed by atoms with Gasteiger partial charge in [-0.05, 0) is 17.7 Å². The molecule has 0 saturated carbocycles. The molecule has 0 saturated heterocycles. The van der Waals surface area contributed by atoms with Crippen molar-refractivity contribution in [3.63, 3.8) is 0 Å². The van der Waals surface area contributed by atoms with Gasteiger partial charge in [-0.25, -0.2) is 4.98 Å². The molecular weight excluding hydrogens is 372 g/mol. The summed E-state index contributed by atoms with van der Waals surface area (Å²) in [4.78, 5) is 4.51. The molecule has 28 heavy (non-hydrogen) atoms. The van der Waals surface area contributed by atoms with Gasteiger partial charge in [0.05, 0.1) is 11.2 Å². The van der Waals surface area contributed by atoms with Crippen molar-refractivity contribution in [1.82, 2.24) is 34.5 Å². The van der Waals surface area contributed by atoms with Crippen LogP contribution in [0.5, 0.6) is 0 Å². The third kappa shape index (κ3) is 2.26. The van der Waals surface area contributed by atoms with Crippen molar-refractivity contribution in [2.75, 3.05) is 5.75 Å². The van der Waals surface area contributed by atoms with E-state index in [0.717, 1.165) is 38.7 Å². The molecule has 0 atom stereocenters. The minimum absolute atomic E-state index is 0.542. The van der Waals surface area contributed by atoms with Crippen molar-refractivity contribution in [1.29, 1.82) is 0 Å². The van der Waals surface area contributed by atoms with E-state index >= 15 is 0 Å². The summed E-state index contributed by atoms with van der Waals surface area (Å²) in [6, 6.07) is 18.0. The first-order valence-electron chi connectivity index (χ1n) is 8.69. The highest BCUT2D eigenvalue weighted by Gasteiger charge is 2.24. The number of rotatable bonds is 2. The topological polar surface area (TPSA) is 86.1 Å². The summed E-state index contributed by atoms with van der Waals surface area (Å²) in [6.45, 7) is 0. The summed E-state index contributed by atoms with van der Waals surface area (Å²) in [6.07, 6.45) is 1.71. The quantitative estimate of drug-likeness (QED) is 0.465. The Morgan fingerprint density at radius 2 is 1.64 bits per heavy atom. The molecule has 0 fully saturated rings. The van der Waals surface area contributed by atoms with Gasteiger partial charge in [-0.3, -0.25) is 4.40 Å². The minimum Gasteiger partial charge on any atom is -0.262 e. The average molecular weight is 384 g/mol. The smallest absolute Gasteiger partial charge is 0.223 e. The van der Waals surface area contributed by atoms with E-state index in [1.807, 2.05) is 46.9 Å². The number of para-hydroxylation sites is 1. The van der Waals surface area contributed by atoms with Gasteiger partial charge in [-0.1, -0.05) is 54.2 Å². The Bertz CT molecular complexity index is 1370. The predicted octanol–water partition coefficient (Wildman–Crippen LogP) is 2.89. The Hall–Kier alpha value is -3.59. The van der Waals surface area contributed by atoms with Crippen LogP contribution in [0, 0.1) is 0 Å². The van der Waals surface area contributed by atoms with Crippen LogP contribution in [0.2, 0.25) is 0 Å². The molecule has 1 aliphatic heterocycles. The lowest BCUT2D eigenvalue weighted by atomic mass is 10.1. The van der Waals surface area contributed by atoms with Crippen LogP contribution in [0.4, 0.5) is 0 Å². The number of nitrogens with zero attached hydrogens (tertiary/aromatic N) is 8. The van der Waals surface area contributed by atoms with Crippen LogP contribution in [0.25, 0.3) is 28.2 Å². The summed E-state index contributed by atoms with van der Waals surface area (Å²) in [5.74, 6) is 1.85. The average Bonchev–Trinajstić information content (AvgIpc) is 3.37. The van der Waals surface area contributed by atoms with E-state index in [-0.39, 0.29) is 0 Å². The number of thioether (sulfide) groups is 1. The fraction of sp³-hybridized carbons (Fsp3) is 0.0526. The second kappa shape index (κ2) is 5.96. The Morgan fingerprint density at radius 3 is 2.57 bits per heavy atom. The fourth-order valence-electron chi connectivity index (χ4n) is 3.27. The van der Waals surface area contributed by atoms with Crippen LogP contribution >= 0.6 is 11.8 Å². The number of aromatic nitrogens is 7. The first-order valence-corrected chi connectivity index (χ1v) is 9.67. The maximum absolute atomic E-state index is 4.79. The molecular formula is C19H12N8S. The summed E-state index contributed by atoms with van der Waals surface area (Å²) in [5, 5.41) is 23.8. The van der Waals surface area contributed by atoms with Gasteiger partial charge in [-0.2, -0.15) is 9.78 Å². The molecule has 0 radical (unpaired) electrons. The Morgan fingerprint density at radius 1 is 0.821 bits per heavy atom. The van der Waals surface area contributed by atoms with E-state index < -0.39 is 0 Å². The second-order valence-electron chi connectivity index (χ2n) is 6.30. The SMILES string of the molecule is c1ccc(C2=Nn3c(nnc3-c3nnc4c5ccccc5ncn34)SC2)cc1. The van der Waals surface area contributed by atoms with E-state index in [2.05, 4.69) is 37.5 Å². The van der Waals surface area contributed by atoms with Gasteiger partial charge in [-0.15, -0.1) is 20.4 Å². The molecule has 0 amide bonds. The molecule has 9 heteroatoms. The molecule has 0 unspecified atom stereocenters. The van der Waals surface area contributed by atoms with Gasteiger partial charge in [0, 0.05) is 11.1 Å². The highest BCUT2D eigenvalue weighted by molar-refractivity contribution is 7.99. The van der Waals surface area contributed by atoms with Gasteiger partial charge < -0.3 is 0 Å². The monoisotopic (exact) mass is 384 g/mol. The van der Waals surface area contributed by atoms with Crippen LogP contribution in [0.15, 0.2) is 71.2 Å².